The number of aliphatic imine (C=N–C) groups is 1. The number of thioether (sulfide) groups is 1. The summed E-state index contributed by atoms with van der Waals surface area (Å²) in [5.74, 6) is -1.31. The Balaban J connectivity index is 1.37. The summed E-state index contributed by atoms with van der Waals surface area (Å²) in [4.78, 5) is 31.3. The topological polar surface area (TPSA) is 108 Å². The van der Waals surface area contributed by atoms with Crippen molar-refractivity contribution < 1.29 is 23.5 Å². The minimum atomic E-state index is -0.668. The molecule has 3 heterocycles. The number of hydrogen-bond donors (Lipinski definition) is 1. The lowest BCUT2D eigenvalue weighted by Gasteiger charge is -2.20. The predicted octanol–water partition coefficient (Wildman–Crippen LogP) is 3.73. The van der Waals surface area contributed by atoms with Crippen LogP contribution in [0.3, 0.4) is 0 Å². The fourth-order valence-corrected chi connectivity index (χ4v) is 4.73. The van der Waals surface area contributed by atoms with Crippen molar-refractivity contribution in [1.82, 2.24) is 9.91 Å². The van der Waals surface area contributed by atoms with Gasteiger partial charge in [-0.15, -0.1) is 5.10 Å². The van der Waals surface area contributed by atoms with Crippen LogP contribution >= 0.6 is 11.8 Å². The van der Waals surface area contributed by atoms with Crippen LogP contribution in [0.2, 0.25) is 0 Å². The molecule has 1 saturated heterocycles. The van der Waals surface area contributed by atoms with Gasteiger partial charge in [0.2, 0.25) is 5.17 Å². The minimum Gasteiger partial charge on any atom is -0.493 e. The second-order valence-electron chi connectivity index (χ2n) is 7.90. The zero-order valence-corrected chi connectivity index (χ0v) is 19.5. The summed E-state index contributed by atoms with van der Waals surface area (Å²) in [5, 5.41) is 15.5. The molecule has 1 fully saturated rings. The van der Waals surface area contributed by atoms with E-state index in [-0.39, 0.29) is 28.5 Å². The Morgan fingerprint density at radius 2 is 1.86 bits per heavy atom. The zero-order chi connectivity index (χ0) is 24.5. The zero-order valence-electron chi connectivity index (χ0n) is 18.7. The molecule has 0 radical (unpaired) electrons. The number of carbonyl (C=O) groups excluding carboxylic acids is 2. The molecule has 5 rings (SSSR count). The Hall–Kier alpha value is -3.99. The van der Waals surface area contributed by atoms with Crippen LogP contribution in [0, 0.1) is 11.2 Å². The normalized spacial score (nSPS) is 18.5. The van der Waals surface area contributed by atoms with Gasteiger partial charge >= 0.3 is 5.97 Å². The van der Waals surface area contributed by atoms with E-state index in [1.165, 1.54) is 60.3 Å². The first-order valence-electron chi connectivity index (χ1n) is 10.8. The number of hydrazone groups is 1. The van der Waals surface area contributed by atoms with Crippen LogP contribution < -0.4 is 9.47 Å². The number of halogens is 1. The van der Waals surface area contributed by atoms with E-state index in [0.717, 1.165) is 31.1 Å². The smallest absolute Gasteiger partial charge is 0.343 e. The van der Waals surface area contributed by atoms with Gasteiger partial charge in [0, 0.05) is 13.1 Å². The molecule has 11 heteroatoms. The van der Waals surface area contributed by atoms with E-state index in [4.69, 9.17) is 14.9 Å². The monoisotopic (exact) mass is 493 g/mol. The molecule has 1 amide bonds. The standard InChI is InChI=1S/C24H20FN5O4S/c1-33-19-13-14(4-9-18(19)34-22(32)15-5-7-16(25)8-6-15)12-17-20(26)30-23(27-21(17)31)35-24(28-30)29-10-2-3-11-29/h4-9,12-13,26H,2-3,10-11H2,1H3/b17-12+,26-20?. The van der Waals surface area contributed by atoms with E-state index < -0.39 is 17.7 Å². The fraction of sp³-hybridized carbons (Fsp3) is 0.208. The lowest BCUT2D eigenvalue weighted by atomic mass is 10.1. The first-order chi connectivity index (χ1) is 16.9. The molecule has 3 aliphatic heterocycles. The van der Waals surface area contributed by atoms with Crippen molar-refractivity contribution in [2.75, 3.05) is 20.2 Å². The number of fused-ring (bicyclic) bond motifs is 1. The number of amides is 1. The summed E-state index contributed by atoms with van der Waals surface area (Å²) in [7, 11) is 1.42. The summed E-state index contributed by atoms with van der Waals surface area (Å²) >= 11 is 1.29. The molecule has 2 aromatic carbocycles. The number of rotatable bonds is 4. The van der Waals surface area contributed by atoms with Gasteiger partial charge in [-0.05, 0) is 72.6 Å². The van der Waals surface area contributed by atoms with Gasteiger partial charge in [-0.3, -0.25) is 10.2 Å². The van der Waals surface area contributed by atoms with Crippen molar-refractivity contribution in [3.05, 3.63) is 65.0 Å². The molecule has 0 aliphatic carbocycles. The van der Waals surface area contributed by atoms with Crippen molar-refractivity contribution in [2.24, 2.45) is 10.1 Å². The number of esters is 1. The van der Waals surface area contributed by atoms with Crippen LogP contribution in [0.5, 0.6) is 11.5 Å². The first kappa shape index (κ1) is 22.8. The average molecular weight is 494 g/mol. The maximum Gasteiger partial charge on any atom is 0.343 e. The van der Waals surface area contributed by atoms with Crippen molar-refractivity contribution >= 4 is 45.9 Å². The molecule has 0 unspecified atom stereocenters. The molecule has 178 valence electrons. The molecule has 2 aromatic rings. The molecule has 1 N–H and O–H groups in total. The molecule has 0 aromatic heterocycles. The van der Waals surface area contributed by atoms with E-state index in [2.05, 4.69) is 15.0 Å². The van der Waals surface area contributed by atoms with Crippen LogP contribution in [0.1, 0.15) is 28.8 Å². The maximum atomic E-state index is 13.1. The van der Waals surface area contributed by atoms with Gasteiger partial charge in [0.05, 0.1) is 18.2 Å². The summed E-state index contributed by atoms with van der Waals surface area (Å²) < 4.78 is 23.9. The molecule has 3 aliphatic rings. The van der Waals surface area contributed by atoms with Gasteiger partial charge in [-0.25, -0.2) is 9.18 Å². The highest BCUT2D eigenvalue weighted by atomic mass is 32.2. The second-order valence-corrected chi connectivity index (χ2v) is 8.84. The van der Waals surface area contributed by atoms with Crippen LogP contribution in [0.25, 0.3) is 6.08 Å². The van der Waals surface area contributed by atoms with Crippen molar-refractivity contribution in [2.45, 2.75) is 12.8 Å². The number of amidine groups is 3. The van der Waals surface area contributed by atoms with Crippen molar-refractivity contribution in [3.63, 3.8) is 0 Å². The fourth-order valence-electron chi connectivity index (χ4n) is 3.79. The number of hydrogen-bond acceptors (Lipinski definition) is 8. The number of benzene rings is 2. The second kappa shape index (κ2) is 9.34. The van der Waals surface area contributed by atoms with Gasteiger partial charge < -0.3 is 14.4 Å². The molecular formula is C24H20FN5O4S. The van der Waals surface area contributed by atoms with E-state index in [1.807, 2.05) is 0 Å². The van der Waals surface area contributed by atoms with Crippen molar-refractivity contribution in [1.29, 1.82) is 5.41 Å². The van der Waals surface area contributed by atoms with Crippen LogP contribution in [-0.2, 0) is 4.79 Å². The van der Waals surface area contributed by atoms with Crippen LogP contribution in [-0.4, -0.2) is 58.2 Å². The molecule has 0 atom stereocenters. The Morgan fingerprint density at radius 3 is 2.57 bits per heavy atom. The summed E-state index contributed by atoms with van der Waals surface area (Å²) in [6, 6.07) is 9.72. The average Bonchev–Trinajstić information content (AvgIpc) is 3.53. The van der Waals surface area contributed by atoms with Gasteiger partial charge in [-0.1, -0.05) is 6.07 Å². The SMILES string of the molecule is COc1cc(/C=C2\C(=N)N3N=C(N4CCCC4)SC3=NC2=O)ccc1OC(=O)c1ccc(F)cc1. The quantitative estimate of drug-likeness (QED) is 0.393. The predicted molar refractivity (Wildman–Crippen MR) is 130 cm³/mol. The number of likely N-dealkylation sites (tertiary alicyclic amines) is 1. The number of methoxy groups -OCH3 is 1. The lowest BCUT2D eigenvalue weighted by Crippen LogP contribution is -2.35. The summed E-state index contributed by atoms with van der Waals surface area (Å²) in [6.45, 7) is 1.80. The third-order valence-electron chi connectivity index (χ3n) is 5.60. The third kappa shape index (κ3) is 4.54. The van der Waals surface area contributed by atoms with E-state index in [9.17, 15) is 14.0 Å². The lowest BCUT2D eigenvalue weighted by molar-refractivity contribution is -0.114. The summed E-state index contributed by atoms with van der Waals surface area (Å²) in [6.07, 6.45) is 3.70. The molecule has 35 heavy (non-hydrogen) atoms. The first-order valence-corrected chi connectivity index (χ1v) is 11.7. The maximum absolute atomic E-state index is 13.1. The molecule has 9 nitrogen and oxygen atoms in total. The van der Waals surface area contributed by atoms with E-state index in [1.54, 1.807) is 12.1 Å². The Kier molecular flexibility index (Phi) is 6.08. The Labute approximate surface area is 204 Å². The van der Waals surface area contributed by atoms with Gasteiger partial charge in [0.1, 0.15) is 5.82 Å². The van der Waals surface area contributed by atoms with Gasteiger partial charge in [0.15, 0.2) is 22.5 Å². The number of carbonyl (C=O) groups is 2. The highest BCUT2D eigenvalue weighted by molar-refractivity contribution is 8.26. The van der Waals surface area contributed by atoms with Gasteiger partial charge in [-0.2, -0.15) is 10.0 Å². The summed E-state index contributed by atoms with van der Waals surface area (Å²) in [5.41, 5.74) is 0.816. The number of nitrogens with zero attached hydrogens (tertiary/aromatic N) is 4. The Bertz CT molecular complexity index is 1320. The number of nitrogens with one attached hydrogen (secondary N) is 1. The van der Waals surface area contributed by atoms with Crippen LogP contribution in [0.4, 0.5) is 4.39 Å². The Morgan fingerprint density at radius 1 is 1.11 bits per heavy atom. The molecular weight excluding hydrogens is 473 g/mol. The highest BCUT2D eigenvalue weighted by Crippen LogP contribution is 2.33. The highest BCUT2D eigenvalue weighted by Gasteiger charge is 2.37. The molecule has 0 bridgehead atoms. The van der Waals surface area contributed by atoms with Crippen molar-refractivity contribution in [3.8, 4) is 11.5 Å². The largest absolute Gasteiger partial charge is 0.493 e. The molecule has 0 saturated carbocycles. The van der Waals surface area contributed by atoms with E-state index >= 15 is 0 Å². The van der Waals surface area contributed by atoms with E-state index in [0.29, 0.717) is 10.7 Å². The number of ether oxygens (including phenoxy) is 2. The van der Waals surface area contributed by atoms with Crippen LogP contribution in [0.15, 0.2) is 58.1 Å². The minimum absolute atomic E-state index is 0.0625. The van der Waals surface area contributed by atoms with Gasteiger partial charge in [0.25, 0.3) is 5.91 Å². The molecule has 0 spiro atoms. The third-order valence-corrected chi connectivity index (χ3v) is 6.57.